The van der Waals surface area contributed by atoms with Crippen LogP contribution in [0.4, 0.5) is 5.69 Å². The van der Waals surface area contributed by atoms with E-state index in [1.807, 2.05) is 7.05 Å². The first kappa shape index (κ1) is 16.8. The van der Waals surface area contributed by atoms with Crippen LogP contribution in [0.25, 0.3) is 11.4 Å². The van der Waals surface area contributed by atoms with Crippen molar-refractivity contribution >= 4 is 17.3 Å². The summed E-state index contributed by atoms with van der Waals surface area (Å²) in [5.41, 5.74) is 8.40. The molecule has 0 unspecified atom stereocenters. The summed E-state index contributed by atoms with van der Waals surface area (Å²) in [6.45, 7) is 1.26. The van der Waals surface area contributed by atoms with Gasteiger partial charge in [0.15, 0.2) is 17.3 Å². The van der Waals surface area contributed by atoms with Gasteiger partial charge in [0.25, 0.3) is 0 Å². The second-order valence-electron chi connectivity index (χ2n) is 6.05. The normalized spacial score (nSPS) is 19.4. The van der Waals surface area contributed by atoms with Crippen LogP contribution in [-0.2, 0) is 4.79 Å². The quantitative estimate of drug-likeness (QED) is 0.755. The number of nitrogens with one attached hydrogen (secondary N) is 1. The number of hydrazone groups is 1. The van der Waals surface area contributed by atoms with Gasteiger partial charge in [-0.15, -0.1) is 0 Å². The molecule has 1 amide bonds. The molecule has 0 saturated heterocycles. The Morgan fingerprint density at radius 3 is 2.89 bits per heavy atom. The molecule has 2 aliphatic heterocycles. The number of hydrogen-bond donors (Lipinski definition) is 2. The van der Waals surface area contributed by atoms with Gasteiger partial charge < -0.3 is 20.5 Å². The van der Waals surface area contributed by atoms with Crippen molar-refractivity contribution in [1.82, 2.24) is 20.3 Å². The van der Waals surface area contributed by atoms with E-state index in [0.29, 0.717) is 53.1 Å². The zero-order valence-corrected chi connectivity index (χ0v) is 14.7. The van der Waals surface area contributed by atoms with Crippen molar-refractivity contribution in [3.05, 3.63) is 42.2 Å². The van der Waals surface area contributed by atoms with E-state index >= 15 is 0 Å². The maximum absolute atomic E-state index is 11.8. The summed E-state index contributed by atoms with van der Waals surface area (Å²) in [7, 11) is 1.84. The van der Waals surface area contributed by atoms with E-state index in [1.165, 1.54) is 6.08 Å². The molecule has 0 spiro atoms. The summed E-state index contributed by atoms with van der Waals surface area (Å²) in [6, 6.07) is 5.19. The number of ether oxygens (including phenoxy) is 2. The lowest BCUT2D eigenvalue weighted by molar-refractivity contribution is -0.116. The summed E-state index contributed by atoms with van der Waals surface area (Å²) in [5, 5.41) is 9.05. The molecule has 0 radical (unpaired) electrons. The molecular formula is C18H18N6O3. The minimum absolute atomic E-state index is 0.162. The van der Waals surface area contributed by atoms with Crippen LogP contribution in [0.2, 0.25) is 0 Å². The molecule has 9 heteroatoms. The highest BCUT2D eigenvalue weighted by Gasteiger charge is 2.19. The molecule has 138 valence electrons. The maximum Gasteiger partial charge on any atom is 0.244 e. The lowest BCUT2D eigenvalue weighted by Gasteiger charge is -2.13. The molecular weight excluding hydrogens is 348 g/mol. The molecule has 2 aliphatic rings. The number of hydrogen-bond acceptors (Lipinski definition) is 8. The van der Waals surface area contributed by atoms with Crippen molar-refractivity contribution in [3.63, 3.8) is 0 Å². The lowest BCUT2D eigenvalue weighted by atomic mass is 10.1. The van der Waals surface area contributed by atoms with Crippen molar-refractivity contribution in [2.45, 2.75) is 0 Å². The Bertz CT molecular complexity index is 956. The number of aromatic nitrogens is 2. The molecule has 0 fully saturated rings. The molecule has 3 N–H and O–H groups in total. The van der Waals surface area contributed by atoms with Crippen molar-refractivity contribution in [3.8, 4) is 22.9 Å². The van der Waals surface area contributed by atoms with Crippen molar-refractivity contribution in [1.29, 1.82) is 0 Å². The lowest BCUT2D eigenvalue weighted by Crippen LogP contribution is -2.29. The van der Waals surface area contributed by atoms with Crippen LogP contribution in [0.3, 0.4) is 0 Å². The number of anilines is 1. The van der Waals surface area contributed by atoms with Gasteiger partial charge in [-0.05, 0) is 18.2 Å². The molecule has 1 aromatic heterocycles. The third-order valence-corrected chi connectivity index (χ3v) is 4.11. The number of nitrogens with zero attached hydrogens (tertiary/aromatic N) is 4. The first-order valence-corrected chi connectivity index (χ1v) is 8.39. The van der Waals surface area contributed by atoms with Crippen LogP contribution < -0.4 is 20.5 Å². The number of nitrogens with two attached hydrogens (primary N) is 1. The third kappa shape index (κ3) is 3.52. The number of carbonyl (C=O) groups excluding carboxylic acids is 1. The van der Waals surface area contributed by atoms with Gasteiger partial charge in [-0.1, -0.05) is 0 Å². The summed E-state index contributed by atoms with van der Waals surface area (Å²) in [4.78, 5) is 20.7. The average Bonchev–Trinajstić information content (AvgIpc) is 3.13. The van der Waals surface area contributed by atoms with Crippen LogP contribution in [0.15, 0.2) is 41.6 Å². The fraction of sp³-hybridized carbons (Fsp3) is 0.222. The van der Waals surface area contributed by atoms with Crippen molar-refractivity contribution in [2.24, 2.45) is 5.10 Å². The average molecular weight is 366 g/mol. The fourth-order valence-electron chi connectivity index (χ4n) is 2.74. The largest absolute Gasteiger partial charge is 0.454 e. The van der Waals surface area contributed by atoms with E-state index in [4.69, 9.17) is 15.2 Å². The van der Waals surface area contributed by atoms with Crippen LogP contribution in [0.1, 0.15) is 5.69 Å². The number of rotatable bonds is 2. The summed E-state index contributed by atoms with van der Waals surface area (Å²) in [6.07, 6.45) is 4.70. The molecule has 4 rings (SSSR count). The van der Waals surface area contributed by atoms with Gasteiger partial charge in [-0.25, -0.2) is 9.97 Å². The zero-order chi connectivity index (χ0) is 18.8. The number of amides is 1. The molecule has 3 heterocycles. The van der Waals surface area contributed by atoms with Crippen molar-refractivity contribution in [2.75, 3.05) is 32.7 Å². The monoisotopic (exact) mass is 366 g/mol. The number of fused-ring (bicyclic) bond motifs is 1. The minimum Gasteiger partial charge on any atom is -0.454 e. The van der Waals surface area contributed by atoms with Crippen LogP contribution in [-0.4, -0.2) is 53.5 Å². The molecule has 2 aromatic rings. The Balaban J connectivity index is 1.74. The van der Waals surface area contributed by atoms with Crippen molar-refractivity contribution < 1.29 is 14.3 Å². The number of benzene rings is 1. The molecule has 0 atom stereocenters. The summed E-state index contributed by atoms with van der Waals surface area (Å²) < 4.78 is 10.7. The molecule has 27 heavy (non-hydrogen) atoms. The smallest absolute Gasteiger partial charge is 0.244 e. The van der Waals surface area contributed by atoms with E-state index < -0.39 is 0 Å². The van der Waals surface area contributed by atoms with Gasteiger partial charge in [-0.2, -0.15) is 5.10 Å². The first-order chi connectivity index (χ1) is 13.1. The van der Waals surface area contributed by atoms with E-state index in [1.54, 1.807) is 35.5 Å². The highest BCUT2D eigenvalue weighted by atomic mass is 16.7. The first-order valence-electron chi connectivity index (χ1n) is 8.39. The van der Waals surface area contributed by atoms with Crippen LogP contribution in [0, 0.1) is 0 Å². The van der Waals surface area contributed by atoms with Gasteiger partial charge in [-0.3, -0.25) is 9.80 Å². The predicted molar refractivity (Wildman–Crippen MR) is 99.3 cm³/mol. The third-order valence-electron chi connectivity index (χ3n) is 4.11. The number of allylic oxidation sites excluding steroid dienone is 1. The number of nitrogen functional groups attached to an aromatic ring is 1. The second-order valence-corrected chi connectivity index (χ2v) is 6.05. The Labute approximate surface area is 155 Å². The zero-order valence-electron chi connectivity index (χ0n) is 14.7. The van der Waals surface area contributed by atoms with Gasteiger partial charge in [0.1, 0.15) is 5.71 Å². The maximum atomic E-state index is 11.8. The fourth-order valence-corrected chi connectivity index (χ4v) is 2.74. The minimum atomic E-state index is -0.174. The van der Waals surface area contributed by atoms with E-state index in [0.717, 1.165) is 0 Å². The Kier molecular flexibility index (Phi) is 4.33. The highest BCUT2D eigenvalue weighted by Crippen LogP contribution is 2.39. The SMILES string of the molecule is CN1CCNC(=O)/C=C/C(c2ccnc(-c3cc4c(cc3N)OCO4)n2)=N\1. The van der Waals surface area contributed by atoms with Crippen LogP contribution in [0.5, 0.6) is 11.5 Å². The second kappa shape index (κ2) is 6.94. The Hall–Kier alpha value is -3.62. The summed E-state index contributed by atoms with van der Waals surface area (Å²) in [5.74, 6) is 1.46. The topological polar surface area (TPSA) is 115 Å². The predicted octanol–water partition coefficient (Wildman–Crippen LogP) is 0.776. The van der Waals surface area contributed by atoms with Gasteiger partial charge in [0.2, 0.25) is 12.7 Å². The molecule has 0 aliphatic carbocycles. The summed E-state index contributed by atoms with van der Waals surface area (Å²) >= 11 is 0. The number of likely N-dealkylation sites (N-methyl/N-ethyl adjacent to an activating group) is 1. The van der Waals surface area contributed by atoms with Gasteiger partial charge in [0.05, 0.1) is 12.2 Å². The Morgan fingerprint density at radius 2 is 2.04 bits per heavy atom. The van der Waals surface area contributed by atoms with Crippen LogP contribution >= 0.6 is 0 Å². The van der Waals surface area contributed by atoms with E-state index in [2.05, 4.69) is 20.4 Å². The Morgan fingerprint density at radius 1 is 1.22 bits per heavy atom. The van der Waals surface area contributed by atoms with E-state index in [-0.39, 0.29) is 12.7 Å². The molecule has 9 nitrogen and oxygen atoms in total. The highest BCUT2D eigenvalue weighted by molar-refractivity contribution is 6.10. The number of carbonyl (C=O) groups is 1. The van der Waals surface area contributed by atoms with Gasteiger partial charge in [0, 0.05) is 43.2 Å². The standard InChI is InChI=1S/C18H18N6O3/c1-24-7-6-20-17(25)3-2-14(23-24)13-4-5-21-18(22-13)11-8-15-16(9-12(11)19)27-10-26-15/h2-5,8-9H,6-7,10,19H2,1H3,(H,20,25)/b3-2+,23-14+. The van der Waals surface area contributed by atoms with E-state index in [9.17, 15) is 4.79 Å². The molecule has 0 bridgehead atoms. The molecule has 0 saturated carbocycles. The van der Waals surface area contributed by atoms with Gasteiger partial charge >= 0.3 is 0 Å². The molecule has 1 aromatic carbocycles.